The summed E-state index contributed by atoms with van der Waals surface area (Å²) in [5.41, 5.74) is -0.228. The minimum atomic E-state index is -1.62. The van der Waals surface area contributed by atoms with Gasteiger partial charge in [0, 0.05) is 44.0 Å². The maximum Gasteiger partial charge on any atom is 0.323 e. The monoisotopic (exact) mass is 383 g/mol. The molecular weight excluding hydrogens is 367 g/mol. The smallest absolute Gasteiger partial charge is 0.323 e. The van der Waals surface area contributed by atoms with Gasteiger partial charge in [0.25, 0.3) is 5.91 Å². The lowest BCUT2D eigenvalue weighted by Crippen LogP contribution is -2.43. The Labute approximate surface area is 151 Å². The van der Waals surface area contributed by atoms with Gasteiger partial charge in [-0.1, -0.05) is 0 Å². The zero-order valence-electron chi connectivity index (χ0n) is 14.3. The molecule has 0 bridgehead atoms. The van der Waals surface area contributed by atoms with Crippen LogP contribution in [0.1, 0.15) is 10.5 Å². The van der Waals surface area contributed by atoms with Crippen molar-refractivity contribution in [2.24, 2.45) is 7.05 Å². The van der Waals surface area contributed by atoms with Crippen LogP contribution in [0.2, 0.25) is 0 Å². The molecule has 27 heavy (non-hydrogen) atoms. The van der Waals surface area contributed by atoms with Gasteiger partial charge in [0.15, 0.2) is 23.3 Å². The lowest BCUT2D eigenvalue weighted by Gasteiger charge is -2.26. The minimum Gasteiger partial charge on any atom is -0.378 e. The van der Waals surface area contributed by atoms with Crippen molar-refractivity contribution < 1.29 is 27.5 Å². The van der Waals surface area contributed by atoms with E-state index in [0.717, 1.165) is 0 Å². The maximum atomic E-state index is 13.3. The normalized spacial score (nSPS) is 14.1. The molecule has 0 spiro atoms. The second-order valence-corrected chi connectivity index (χ2v) is 5.78. The van der Waals surface area contributed by atoms with Gasteiger partial charge in [0.2, 0.25) is 0 Å². The summed E-state index contributed by atoms with van der Waals surface area (Å²) in [6, 6.07) is 2.25. The minimum absolute atomic E-state index is 0.0254. The number of urea groups is 1. The number of aromatic nitrogens is 2. The van der Waals surface area contributed by atoms with Crippen LogP contribution in [0.3, 0.4) is 0 Å². The van der Waals surface area contributed by atoms with Gasteiger partial charge in [-0.15, -0.1) is 0 Å². The van der Waals surface area contributed by atoms with Crippen molar-refractivity contribution >= 4 is 23.4 Å². The third kappa shape index (κ3) is 4.19. The predicted octanol–water partition coefficient (Wildman–Crippen LogP) is 1.95. The van der Waals surface area contributed by atoms with E-state index in [9.17, 15) is 22.8 Å². The van der Waals surface area contributed by atoms with Crippen molar-refractivity contribution in [2.45, 2.75) is 0 Å². The highest BCUT2D eigenvalue weighted by Gasteiger charge is 2.20. The van der Waals surface area contributed by atoms with Gasteiger partial charge in [-0.25, -0.2) is 18.0 Å². The number of hydrogen-bond donors (Lipinski definition) is 2. The number of ether oxygens (including phenoxy) is 1. The van der Waals surface area contributed by atoms with Crippen molar-refractivity contribution in [3.8, 4) is 0 Å². The molecule has 0 unspecified atom stereocenters. The van der Waals surface area contributed by atoms with Gasteiger partial charge >= 0.3 is 6.03 Å². The third-order valence-corrected chi connectivity index (χ3v) is 3.89. The number of rotatable bonds is 3. The Morgan fingerprint density at radius 2 is 1.70 bits per heavy atom. The first kappa shape index (κ1) is 18.7. The van der Waals surface area contributed by atoms with Crippen LogP contribution in [0.15, 0.2) is 18.2 Å². The second kappa shape index (κ2) is 7.66. The Hall–Kier alpha value is -3.08. The SMILES string of the molecule is Cn1nc(NC(=O)N2CCOCC2)cc1C(=O)Nc1cc(F)c(F)c(F)c1. The van der Waals surface area contributed by atoms with Gasteiger partial charge in [-0.05, 0) is 0 Å². The van der Waals surface area contributed by atoms with E-state index in [0.29, 0.717) is 38.4 Å². The quantitative estimate of drug-likeness (QED) is 0.793. The molecule has 1 aliphatic rings. The van der Waals surface area contributed by atoms with E-state index < -0.39 is 23.4 Å². The summed E-state index contributed by atoms with van der Waals surface area (Å²) in [6.45, 7) is 1.75. The average molecular weight is 383 g/mol. The van der Waals surface area contributed by atoms with Crippen LogP contribution in [0.5, 0.6) is 0 Å². The molecule has 0 saturated carbocycles. The highest BCUT2D eigenvalue weighted by molar-refractivity contribution is 6.04. The van der Waals surface area contributed by atoms with Gasteiger partial charge in [-0.3, -0.25) is 14.8 Å². The number of halogens is 3. The van der Waals surface area contributed by atoms with E-state index in [2.05, 4.69) is 15.7 Å². The van der Waals surface area contributed by atoms with E-state index in [4.69, 9.17) is 4.74 Å². The van der Waals surface area contributed by atoms with Gasteiger partial charge in [-0.2, -0.15) is 5.10 Å². The summed E-state index contributed by atoms with van der Waals surface area (Å²) in [5, 5.41) is 8.83. The van der Waals surface area contributed by atoms with Crippen LogP contribution in [-0.4, -0.2) is 52.9 Å². The summed E-state index contributed by atoms with van der Waals surface area (Å²) in [4.78, 5) is 26.0. The number of carbonyl (C=O) groups is 2. The molecule has 0 aliphatic carbocycles. The highest BCUT2D eigenvalue weighted by Crippen LogP contribution is 2.19. The fraction of sp³-hybridized carbons (Fsp3) is 0.312. The van der Waals surface area contributed by atoms with Crippen LogP contribution in [-0.2, 0) is 11.8 Å². The van der Waals surface area contributed by atoms with Crippen LogP contribution in [0, 0.1) is 17.5 Å². The van der Waals surface area contributed by atoms with Gasteiger partial charge in [0.05, 0.1) is 13.2 Å². The van der Waals surface area contributed by atoms with Crippen LogP contribution in [0.4, 0.5) is 29.5 Å². The highest BCUT2D eigenvalue weighted by atomic mass is 19.2. The summed E-state index contributed by atoms with van der Waals surface area (Å²) >= 11 is 0. The molecule has 1 aliphatic heterocycles. The number of amides is 3. The average Bonchev–Trinajstić information content (AvgIpc) is 3.00. The molecule has 1 fully saturated rings. The lowest BCUT2D eigenvalue weighted by molar-refractivity contribution is 0.0564. The molecule has 1 saturated heterocycles. The summed E-state index contributed by atoms with van der Waals surface area (Å²) in [6.07, 6.45) is 0. The molecule has 1 aromatic carbocycles. The van der Waals surface area contributed by atoms with E-state index in [1.807, 2.05) is 0 Å². The van der Waals surface area contributed by atoms with Crippen LogP contribution in [0.25, 0.3) is 0 Å². The molecule has 2 aromatic rings. The Morgan fingerprint density at radius 1 is 1.07 bits per heavy atom. The number of morpholine rings is 1. The Balaban J connectivity index is 1.70. The molecule has 2 N–H and O–H groups in total. The Bertz CT molecular complexity index is 857. The van der Waals surface area contributed by atoms with E-state index in [1.54, 1.807) is 4.90 Å². The molecule has 1 aromatic heterocycles. The number of hydrogen-bond acceptors (Lipinski definition) is 4. The molecule has 3 rings (SSSR count). The molecule has 3 amide bonds. The van der Waals surface area contributed by atoms with Crippen LogP contribution >= 0.6 is 0 Å². The molecule has 0 radical (unpaired) electrons. The fourth-order valence-corrected chi connectivity index (χ4v) is 2.52. The van der Waals surface area contributed by atoms with Crippen molar-refractivity contribution in [1.29, 1.82) is 0 Å². The molecule has 8 nitrogen and oxygen atoms in total. The zero-order valence-corrected chi connectivity index (χ0v) is 14.3. The Morgan fingerprint density at radius 3 is 2.33 bits per heavy atom. The number of aryl methyl sites for hydroxylation is 1. The molecule has 11 heteroatoms. The molecule has 144 valence electrons. The fourth-order valence-electron chi connectivity index (χ4n) is 2.52. The number of benzene rings is 1. The third-order valence-electron chi connectivity index (χ3n) is 3.89. The maximum absolute atomic E-state index is 13.3. The molecule has 2 heterocycles. The molecule has 0 atom stereocenters. The number of nitrogens with one attached hydrogen (secondary N) is 2. The second-order valence-electron chi connectivity index (χ2n) is 5.78. The standard InChI is InChI=1S/C16H16F3N5O3/c1-23-12(15(25)20-9-6-10(17)14(19)11(18)7-9)8-13(22-23)21-16(26)24-2-4-27-5-3-24/h6-8H,2-5H2,1H3,(H,20,25)(H,21,22,26). The topological polar surface area (TPSA) is 88.5 Å². The van der Waals surface area contributed by atoms with Crippen LogP contribution < -0.4 is 10.6 Å². The number of anilines is 2. The largest absolute Gasteiger partial charge is 0.378 e. The zero-order chi connectivity index (χ0) is 19.6. The van der Waals surface area contributed by atoms with Crippen molar-refractivity contribution in [2.75, 3.05) is 36.9 Å². The predicted molar refractivity (Wildman–Crippen MR) is 88.9 cm³/mol. The number of nitrogens with zero attached hydrogens (tertiary/aromatic N) is 3. The first-order valence-electron chi connectivity index (χ1n) is 7.99. The van der Waals surface area contributed by atoms with Gasteiger partial charge < -0.3 is 15.0 Å². The summed E-state index contributed by atoms with van der Waals surface area (Å²) in [5.74, 6) is -5.07. The summed E-state index contributed by atoms with van der Waals surface area (Å²) < 4.78 is 45.8. The van der Waals surface area contributed by atoms with Gasteiger partial charge in [0.1, 0.15) is 5.69 Å². The van der Waals surface area contributed by atoms with E-state index in [1.165, 1.54) is 17.8 Å². The first-order valence-corrected chi connectivity index (χ1v) is 7.99. The van der Waals surface area contributed by atoms with Crippen molar-refractivity contribution in [3.63, 3.8) is 0 Å². The number of carbonyl (C=O) groups excluding carboxylic acids is 2. The van der Waals surface area contributed by atoms with E-state index in [-0.39, 0.29) is 23.2 Å². The molecular formula is C16H16F3N5O3. The van der Waals surface area contributed by atoms with E-state index >= 15 is 0 Å². The summed E-state index contributed by atoms with van der Waals surface area (Å²) in [7, 11) is 1.46. The Kier molecular flexibility index (Phi) is 5.31. The van der Waals surface area contributed by atoms with Crippen molar-refractivity contribution in [3.05, 3.63) is 41.3 Å². The first-order chi connectivity index (χ1) is 12.8. The van der Waals surface area contributed by atoms with Crippen molar-refractivity contribution in [1.82, 2.24) is 14.7 Å². The lowest BCUT2D eigenvalue weighted by atomic mass is 10.2.